The van der Waals surface area contributed by atoms with Gasteiger partial charge in [0.05, 0.1) is 0 Å². The fourth-order valence-electron chi connectivity index (χ4n) is 0.510. The average Bonchev–Trinajstić information content (AvgIpc) is 1.98. The number of aliphatic hydroxyl groups is 2. The van der Waals surface area contributed by atoms with Gasteiger partial charge in [-0.15, -0.1) is 0 Å². The number of hydrogen-bond donors (Lipinski definition) is 3. The van der Waals surface area contributed by atoms with Gasteiger partial charge >= 0.3 is 0 Å². The van der Waals surface area contributed by atoms with Gasteiger partial charge in [0.25, 0.3) is 9.04 Å². The molecule has 0 aromatic carbocycles. The van der Waals surface area contributed by atoms with Crippen LogP contribution in [0, 0.1) is 0 Å². The van der Waals surface area contributed by atoms with Crippen LogP contribution in [0.25, 0.3) is 0 Å². The fraction of sp³-hybridized carbons (Fsp3) is 0. The van der Waals surface area contributed by atoms with Crippen LogP contribution in [0.3, 0.4) is 0 Å². The Kier molecular flexibility index (Phi) is 1.11. The summed E-state index contributed by atoms with van der Waals surface area (Å²) in [5, 5.41) is 17.0. The van der Waals surface area contributed by atoms with E-state index < -0.39 is 9.04 Å². The average molecular weight is 130 g/mol. The minimum absolute atomic E-state index is 0.191. The van der Waals surface area contributed by atoms with E-state index in [2.05, 4.69) is 0 Å². The predicted molar refractivity (Wildman–Crippen MR) is 30.8 cm³/mol. The van der Waals surface area contributed by atoms with E-state index in [1.165, 1.54) is 11.8 Å². The van der Waals surface area contributed by atoms with Crippen molar-refractivity contribution < 1.29 is 15.0 Å². The van der Waals surface area contributed by atoms with Crippen molar-refractivity contribution in [2.45, 2.75) is 0 Å². The fourth-order valence-corrected chi connectivity index (χ4v) is 1.46. The molecule has 0 saturated carbocycles. The summed E-state index contributed by atoms with van der Waals surface area (Å²) in [6, 6.07) is 0. The molecule has 0 aromatic rings. The van der Waals surface area contributed by atoms with Gasteiger partial charge in [0.1, 0.15) is 11.1 Å². The first kappa shape index (κ1) is 5.39. The van der Waals surface area contributed by atoms with Crippen LogP contribution in [-0.4, -0.2) is 24.0 Å². The largest absolute Gasteiger partial charge is 0.511 e. The van der Waals surface area contributed by atoms with Crippen LogP contribution < -0.4 is 0 Å². The minimum Gasteiger partial charge on any atom is -0.511 e. The molecule has 1 heterocycles. The van der Waals surface area contributed by atoms with Crippen molar-refractivity contribution in [1.29, 1.82) is 0 Å². The molecule has 0 fully saturated rings. The molecule has 1 unspecified atom stereocenters. The van der Waals surface area contributed by atoms with Crippen molar-refractivity contribution in [2.24, 2.45) is 0 Å². The Morgan fingerprint density at radius 2 is 2.00 bits per heavy atom. The normalized spacial score (nSPS) is 27.4. The smallest absolute Gasteiger partial charge is 0.273 e. The highest BCUT2D eigenvalue weighted by molar-refractivity contribution is 6.64. The molecule has 3 N–H and O–H groups in total. The molecule has 0 aliphatic carbocycles. The molecule has 0 saturated heterocycles. The summed E-state index contributed by atoms with van der Waals surface area (Å²) < 4.78 is 0. The van der Waals surface area contributed by atoms with Gasteiger partial charge in [0, 0.05) is 0 Å². The van der Waals surface area contributed by atoms with E-state index in [-0.39, 0.29) is 11.1 Å². The van der Waals surface area contributed by atoms with Crippen LogP contribution in [0.1, 0.15) is 0 Å². The molecule has 4 heteroatoms. The first-order chi connectivity index (χ1) is 3.72. The van der Waals surface area contributed by atoms with Crippen LogP contribution in [-0.2, 0) is 0 Å². The lowest BCUT2D eigenvalue weighted by Gasteiger charge is -1.93. The Morgan fingerprint density at radius 3 is 2.12 bits per heavy atom. The summed E-state index contributed by atoms with van der Waals surface area (Å²) in [6.07, 6.45) is 1.31. The molecule has 3 nitrogen and oxygen atoms in total. The molecule has 0 radical (unpaired) electrons. The second-order valence-corrected chi connectivity index (χ2v) is 3.40. The van der Waals surface area contributed by atoms with Crippen LogP contribution in [0.4, 0.5) is 0 Å². The highest BCUT2D eigenvalue weighted by Crippen LogP contribution is 2.09. The highest BCUT2D eigenvalue weighted by Gasteiger charge is 2.18. The van der Waals surface area contributed by atoms with Crippen LogP contribution >= 0.6 is 0 Å². The molecule has 44 valence electrons. The van der Waals surface area contributed by atoms with E-state index in [0.717, 1.165) is 0 Å². The third kappa shape index (κ3) is 0.634. The van der Waals surface area contributed by atoms with Gasteiger partial charge in [-0.05, 0) is 6.08 Å². The number of aliphatic hydroxyl groups excluding tert-OH is 2. The molecular formula is C4H6O3Si. The summed E-state index contributed by atoms with van der Waals surface area (Å²) in [7, 11) is -2.20. The van der Waals surface area contributed by atoms with Gasteiger partial charge in [0.15, 0.2) is 0 Å². The summed E-state index contributed by atoms with van der Waals surface area (Å²) in [6.45, 7) is 0. The van der Waals surface area contributed by atoms with Gasteiger partial charge in [-0.3, -0.25) is 0 Å². The Morgan fingerprint density at radius 1 is 1.38 bits per heavy atom. The van der Waals surface area contributed by atoms with E-state index in [4.69, 9.17) is 15.0 Å². The van der Waals surface area contributed by atoms with Crippen molar-refractivity contribution in [3.63, 3.8) is 0 Å². The molecule has 1 atom stereocenters. The van der Waals surface area contributed by atoms with E-state index in [0.29, 0.717) is 0 Å². The molecule has 8 heavy (non-hydrogen) atoms. The lowest BCUT2D eigenvalue weighted by molar-refractivity contribution is 0.356. The molecule has 0 amide bonds. The first-order valence-electron chi connectivity index (χ1n) is 2.20. The van der Waals surface area contributed by atoms with Crippen molar-refractivity contribution >= 4 is 9.04 Å². The predicted octanol–water partition coefficient (Wildman–Crippen LogP) is -0.322. The van der Waals surface area contributed by atoms with Gasteiger partial charge in [-0.25, -0.2) is 0 Å². The maximum atomic E-state index is 8.75. The lowest BCUT2D eigenvalue weighted by atomic mass is 10.5. The molecule has 0 bridgehead atoms. The summed E-state index contributed by atoms with van der Waals surface area (Å²) in [4.78, 5) is 8.75. The Bertz CT molecular complexity index is 161. The van der Waals surface area contributed by atoms with Gasteiger partial charge in [-0.1, -0.05) is 5.70 Å². The van der Waals surface area contributed by atoms with Crippen molar-refractivity contribution in [3.05, 3.63) is 22.9 Å². The SMILES string of the molecule is OC1=C(O)[SiH](O)C=C1. The Hall–Kier alpha value is -0.743. The van der Waals surface area contributed by atoms with Gasteiger partial charge < -0.3 is 15.0 Å². The third-order valence-electron chi connectivity index (χ3n) is 0.979. The van der Waals surface area contributed by atoms with Crippen molar-refractivity contribution in [2.75, 3.05) is 0 Å². The Labute approximate surface area is 47.9 Å². The van der Waals surface area contributed by atoms with Crippen LogP contribution in [0.15, 0.2) is 22.9 Å². The van der Waals surface area contributed by atoms with Crippen molar-refractivity contribution in [1.82, 2.24) is 0 Å². The topological polar surface area (TPSA) is 60.7 Å². The molecule has 1 aliphatic rings. The van der Waals surface area contributed by atoms with E-state index in [1.54, 1.807) is 0 Å². The number of allylic oxidation sites excluding steroid dienone is 1. The first-order valence-corrected chi connectivity index (χ1v) is 3.96. The highest BCUT2D eigenvalue weighted by atomic mass is 28.3. The lowest BCUT2D eigenvalue weighted by Crippen LogP contribution is -2.09. The van der Waals surface area contributed by atoms with Crippen molar-refractivity contribution in [3.8, 4) is 0 Å². The van der Waals surface area contributed by atoms with Crippen LogP contribution in [0.2, 0.25) is 0 Å². The second-order valence-electron chi connectivity index (χ2n) is 1.57. The Balaban J connectivity index is 2.85. The molecule has 1 aliphatic heterocycles. The van der Waals surface area contributed by atoms with Gasteiger partial charge in [0.2, 0.25) is 0 Å². The number of hydrogen-bond acceptors (Lipinski definition) is 3. The maximum absolute atomic E-state index is 8.75. The zero-order valence-electron chi connectivity index (χ0n) is 4.07. The monoisotopic (exact) mass is 130 g/mol. The van der Waals surface area contributed by atoms with Crippen LogP contribution in [0.5, 0.6) is 0 Å². The third-order valence-corrected chi connectivity index (χ3v) is 2.39. The standard InChI is InChI=1S/C4H6O3Si/c5-3-1-2-8(7)4(3)6/h1-2,5-8H. The number of rotatable bonds is 0. The summed E-state index contributed by atoms with van der Waals surface area (Å²) in [5.41, 5.74) is 1.44. The van der Waals surface area contributed by atoms with E-state index in [9.17, 15) is 0 Å². The van der Waals surface area contributed by atoms with E-state index >= 15 is 0 Å². The quantitative estimate of drug-likeness (QED) is 0.394. The maximum Gasteiger partial charge on any atom is 0.273 e. The molecule has 1 rings (SSSR count). The molecule has 0 aromatic heterocycles. The molecule has 0 spiro atoms. The van der Waals surface area contributed by atoms with Gasteiger partial charge in [-0.2, -0.15) is 0 Å². The summed E-state index contributed by atoms with van der Waals surface area (Å²) in [5.74, 6) is -0.191. The summed E-state index contributed by atoms with van der Waals surface area (Å²) >= 11 is 0. The molecular weight excluding hydrogens is 124 g/mol. The zero-order valence-corrected chi connectivity index (χ0v) is 5.23. The minimum atomic E-state index is -2.20. The zero-order chi connectivity index (χ0) is 6.15. The second kappa shape index (κ2) is 1.64. The van der Waals surface area contributed by atoms with E-state index in [1.807, 2.05) is 0 Å².